The molecule has 0 aromatic heterocycles. The highest BCUT2D eigenvalue weighted by molar-refractivity contribution is 5.95. The quantitative estimate of drug-likeness (QED) is 0.752. The molecule has 0 fully saturated rings. The Kier molecular flexibility index (Phi) is 5.16. The van der Waals surface area contributed by atoms with Crippen LogP contribution < -0.4 is 0 Å². The van der Waals surface area contributed by atoms with Crippen molar-refractivity contribution in [2.24, 2.45) is 5.92 Å². The van der Waals surface area contributed by atoms with E-state index in [2.05, 4.69) is 0 Å². The number of allylic oxidation sites excluding steroid dienone is 1. The predicted molar refractivity (Wildman–Crippen MR) is 68.1 cm³/mol. The molecule has 1 aromatic rings. The Morgan fingerprint density at radius 2 is 2.06 bits per heavy atom. The van der Waals surface area contributed by atoms with Crippen LogP contribution >= 0.6 is 0 Å². The van der Waals surface area contributed by atoms with Crippen molar-refractivity contribution in [3.8, 4) is 0 Å². The molecule has 1 aromatic carbocycles. The SMILES string of the molecule is CC(CN(C)C)C(=O)/C=C/c1ccc(F)cc1F. The maximum atomic E-state index is 13.3. The van der Waals surface area contributed by atoms with Crippen LogP contribution in [0.4, 0.5) is 8.78 Å². The number of ketones is 1. The van der Waals surface area contributed by atoms with Gasteiger partial charge in [-0.05, 0) is 38.4 Å². The highest BCUT2D eigenvalue weighted by Gasteiger charge is 2.10. The molecule has 0 aliphatic heterocycles. The van der Waals surface area contributed by atoms with Crippen LogP contribution in [0.15, 0.2) is 24.3 Å². The highest BCUT2D eigenvalue weighted by atomic mass is 19.1. The molecular weight excluding hydrogens is 236 g/mol. The maximum Gasteiger partial charge on any atom is 0.159 e. The average molecular weight is 253 g/mol. The van der Waals surface area contributed by atoms with Gasteiger partial charge in [-0.2, -0.15) is 0 Å². The molecule has 0 heterocycles. The number of halogens is 2. The van der Waals surface area contributed by atoms with Gasteiger partial charge < -0.3 is 4.90 Å². The summed E-state index contributed by atoms with van der Waals surface area (Å²) < 4.78 is 26.0. The molecule has 0 aliphatic rings. The predicted octanol–water partition coefficient (Wildman–Crippen LogP) is 2.74. The fraction of sp³-hybridized carbons (Fsp3) is 0.357. The molecule has 0 amide bonds. The van der Waals surface area contributed by atoms with Crippen LogP contribution in [-0.2, 0) is 4.79 Å². The molecule has 0 bridgehead atoms. The zero-order valence-corrected chi connectivity index (χ0v) is 10.8. The molecule has 1 rings (SSSR count). The number of hydrogen-bond acceptors (Lipinski definition) is 2. The normalized spacial score (nSPS) is 13.2. The van der Waals surface area contributed by atoms with Gasteiger partial charge in [-0.3, -0.25) is 4.79 Å². The first kappa shape index (κ1) is 14.5. The Morgan fingerprint density at radius 1 is 1.39 bits per heavy atom. The number of benzene rings is 1. The number of carbonyl (C=O) groups excluding carboxylic acids is 1. The van der Waals surface area contributed by atoms with Crippen LogP contribution in [0.2, 0.25) is 0 Å². The second kappa shape index (κ2) is 6.40. The van der Waals surface area contributed by atoms with Gasteiger partial charge >= 0.3 is 0 Å². The first-order valence-corrected chi connectivity index (χ1v) is 5.72. The van der Waals surface area contributed by atoms with Crippen molar-refractivity contribution in [2.75, 3.05) is 20.6 Å². The van der Waals surface area contributed by atoms with Gasteiger partial charge in [-0.25, -0.2) is 8.78 Å². The summed E-state index contributed by atoms with van der Waals surface area (Å²) in [5.41, 5.74) is 0.210. The topological polar surface area (TPSA) is 20.3 Å². The third-order valence-electron chi connectivity index (χ3n) is 2.51. The lowest BCUT2D eigenvalue weighted by atomic mass is 10.0. The van der Waals surface area contributed by atoms with E-state index >= 15 is 0 Å². The molecule has 0 saturated heterocycles. The molecule has 98 valence electrons. The summed E-state index contributed by atoms with van der Waals surface area (Å²) in [6.07, 6.45) is 2.72. The first-order chi connectivity index (χ1) is 8.40. The summed E-state index contributed by atoms with van der Waals surface area (Å²) in [6, 6.07) is 3.27. The highest BCUT2D eigenvalue weighted by Crippen LogP contribution is 2.12. The smallest absolute Gasteiger partial charge is 0.159 e. The van der Waals surface area contributed by atoms with Crippen molar-refractivity contribution < 1.29 is 13.6 Å². The Morgan fingerprint density at radius 3 is 2.61 bits per heavy atom. The lowest BCUT2D eigenvalue weighted by molar-refractivity contribution is -0.118. The molecule has 0 N–H and O–H groups in total. The van der Waals surface area contributed by atoms with E-state index in [1.165, 1.54) is 18.2 Å². The van der Waals surface area contributed by atoms with Gasteiger partial charge in [-0.15, -0.1) is 0 Å². The standard InChI is InChI=1S/C14H17F2NO/c1-10(9-17(2)3)14(18)7-5-11-4-6-12(15)8-13(11)16/h4-8,10H,9H2,1-3H3/b7-5+. The molecule has 0 spiro atoms. The number of hydrogen-bond donors (Lipinski definition) is 0. The lowest BCUT2D eigenvalue weighted by Gasteiger charge is -2.13. The van der Waals surface area contributed by atoms with Crippen molar-refractivity contribution in [1.29, 1.82) is 0 Å². The number of carbonyl (C=O) groups is 1. The van der Waals surface area contributed by atoms with Gasteiger partial charge in [0.15, 0.2) is 5.78 Å². The molecule has 0 aliphatic carbocycles. The fourth-order valence-corrected chi connectivity index (χ4v) is 1.61. The van der Waals surface area contributed by atoms with Gasteiger partial charge in [-0.1, -0.05) is 6.92 Å². The van der Waals surface area contributed by atoms with Crippen molar-refractivity contribution in [3.05, 3.63) is 41.5 Å². The van der Waals surface area contributed by atoms with Crippen LogP contribution in [0.5, 0.6) is 0 Å². The monoisotopic (exact) mass is 253 g/mol. The lowest BCUT2D eigenvalue weighted by Crippen LogP contribution is -2.24. The largest absolute Gasteiger partial charge is 0.309 e. The number of rotatable bonds is 5. The summed E-state index contributed by atoms with van der Waals surface area (Å²) in [7, 11) is 3.76. The fourth-order valence-electron chi connectivity index (χ4n) is 1.61. The van der Waals surface area contributed by atoms with Gasteiger partial charge in [0.1, 0.15) is 11.6 Å². The Labute approximate surface area is 106 Å². The Hall–Kier alpha value is -1.55. The van der Waals surface area contributed by atoms with Crippen LogP contribution in [0.3, 0.4) is 0 Å². The van der Waals surface area contributed by atoms with E-state index in [9.17, 15) is 13.6 Å². The van der Waals surface area contributed by atoms with E-state index in [1.54, 1.807) is 0 Å². The summed E-state index contributed by atoms with van der Waals surface area (Å²) in [4.78, 5) is 13.6. The minimum absolute atomic E-state index is 0.0765. The summed E-state index contributed by atoms with van der Waals surface area (Å²) in [6.45, 7) is 2.45. The molecule has 1 unspecified atom stereocenters. The Bertz CT molecular complexity index is 455. The van der Waals surface area contributed by atoms with Crippen LogP contribution in [-0.4, -0.2) is 31.3 Å². The van der Waals surface area contributed by atoms with Crippen molar-refractivity contribution in [1.82, 2.24) is 4.90 Å². The molecule has 4 heteroatoms. The average Bonchev–Trinajstić information content (AvgIpc) is 2.26. The second-order valence-corrected chi connectivity index (χ2v) is 4.56. The minimum atomic E-state index is -0.667. The van der Waals surface area contributed by atoms with Gasteiger partial charge in [0, 0.05) is 24.1 Å². The molecular formula is C14H17F2NO. The van der Waals surface area contributed by atoms with Crippen molar-refractivity contribution in [2.45, 2.75) is 6.92 Å². The van der Waals surface area contributed by atoms with Crippen LogP contribution in [0, 0.1) is 17.6 Å². The molecule has 18 heavy (non-hydrogen) atoms. The van der Waals surface area contributed by atoms with E-state index in [4.69, 9.17) is 0 Å². The zero-order chi connectivity index (χ0) is 13.7. The van der Waals surface area contributed by atoms with Gasteiger partial charge in [0.25, 0.3) is 0 Å². The van der Waals surface area contributed by atoms with Gasteiger partial charge in [0.2, 0.25) is 0 Å². The summed E-state index contributed by atoms with van der Waals surface area (Å²) in [5.74, 6) is -1.52. The van der Waals surface area contributed by atoms with E-state index in [1.807, 2.05) is 25.9 Å². The second-order valence-electron chi connectivity index (χ2n) is 4.56. The third-order valence-corrected chi connectivity index (χ3v) is 2.51. The zero-order valence-electron chi connectivity index (χ0n) is 10.8. The third kappa shape index (κ3) is 4.37. The van der Waals surface area contributed by atoms with Crippen molar-refractivity contribution in [3.63, 3.8) is 0 Å². The van der Waals surface area contributed by atoms with E-state index in [0.29, 0.717) is 6.54 Å². The van der Waals surface area contributed by atoms with Crippen LogP contribution in [0.1, 0.15) is 12.5 Å². The van der Waals surface area contributed by atoms with E-state index in [-0.39, 0.29) is 17.3 Å². The summed E-state index contributed by atoms with van der Waals surface area (Å²) in [5, 5.41) is 0. The first-order valence-electron chi connectivity index (χ1n) is 5.72. The Balaban J connectivity index is 2.71. The minimum Gasteiger partial charge on any atom is -0.309 e. The number of nitrogens with zero attached hydrogens (tertiary/aromatic N) is 1. The van der Waals surface area contributed by atoms with E-state index < -0.39 is 11.6 Å². The van der Waals surface area contributed by atoms with Gasteiger partial charge in [0.05, 0.1) is 0 Å². The summed E-state index contributed by atoms with van der Waals surface area (Å²) >= 11 is 0. The maximum absolute atomic E-state index is 13.3. The van der Waals surface area contributed by atoms with Crippen molar-refractivity contribution >= 4 is 11.9 Å². The van der Waals surface area contributed by atoms with Crippen LogP contribution in [0.25, 0.3) is 6.08 Å². The molecule has 0 radical (unpaired) electrons. The molecule has 2 nitrogen and oxygen atoms in total. The molecule has 1 atom stereocenters. The molecule has 0 saturated carbocycles. The van der Waals surface area contributed by atoms with E-state index in [0.717, 1.165) is 12.1 Å².